The zero-order valence-corrected chi connectivity index (χ0v) is 22.9. The molecule has 2 aliphatic heterocycles. The molecular formula is C28H35ClN8O. The molecule has 3 aliphatic rings. The molecule has 1 atom stereocenters. The second-order valence-electron chi connectivity index (χ2n) is 10.8. The Hall–Kier alpha value is -3.04. The number of carbonyl (C=O) groups excluding carboxylic acids is 1. The Balaban J connectivity index is 1.07. The molecule has 2 saturated heterocycles. The van der Waals surface area contributed by atoms with Crippen molar-refractivity contribution in [1.82, 2.24) is 34.9 Å². The normalized spacial score (nSPS) is 21.2. The number of rotatable bonds is 6. The van der Waals surface area contributed by atoms with E-state index in [1.54, 1.807) is 12.1 Å². The van der Waals surface area contributed by atoms with Gasteiger partial charge in [0.25, 0.3) is 5.91 Å². The third-order valence-corrected chi connectivity index (χ3v) is 8.48. The van der Waals surface area contributed by atoms with Crippen molar-refractivity contribution in [1.29, 1.82) is 0 Å². The average molecular weight is 535 g/mol. The summed E-state index contributed by atoms with van der Waals surface area (Å²) in [5.41, 5.74) is 2.35. The van der Waals surface area contributed by atoms with Gasteiger partial charge in [0.2, 0.25) is 5.82 Å². The summed E-state index contributed by atoms with van der Waals surface area (Å²) in [5.74, 6) is 3.18. The quantitative estimate of drug-likeness (QED) is 0.503. The molecule has 0 unspecified atom stereocenters. The van der Waals surface area contributed by atoms with E-state index in [0.717, 1.165) is 75.0 Å². The largest absolute Gasteiger partial charge is 0.352 e. The highest BCUT2D eigenvalue weighted by atomic mass is 35.5. The number of aryl methyl sites for hydroxylation is 1. The summed E-state index contributed by atoms with van der Waals surface area (Å²) < 4.78 is 0. The van der Waals surface area contributed by atoms with Gasteiger partial charge in [-0.1, -0.05) is 18.5 Å². The standard InChI is InChI=1S/C28H35ClN8O/c1-3-22-17-36(27-18(2)31-24(16-30-27)26-32-25(33-34-26)19-4-5-19)14-15-37(22)23-10-12-35(13-11-23)28(38)20-6-8-21(29)9-7-20/h6-9,16,19,22-23H,3-5,10-15,17H2,1-2H3,(H,32,33,34)/t22-/m0/s1. The molecule has 0 bridgehead atoms. The molecule has 0 radical (unpaired) electrons. The molecule has 1 saturated carbocycles. The van der Waals surface area contributed by atoms with Gasteiger partial charge in [0.15, 0.2) is 0 Å². The van der Waals surface area contributed by atoms with E-state index >= 15 is 0 Å². The van der Waals surface area contributed by atoms with E-state index in [4.69, 9.17) is 21.6 Å². The van der Waals surface area contributed by atoms with E-state index in [2.05, 4.69) is 31.9 Å². The Morgan fingerprint density at radius 1 is 1.05 bits per heavy atom. The lowest BCUT2D eigenvalue weighted by atomic mass is 9.97. The summed E-state index contributed by atoms with van der Waals surface area (Å²) in [7, 11) is 0. The summed E-state index contributed by atoms with van der Waals surface area (Å²) in [4.78, 5) is 34.2. The first-order chi connectivity index (χ1) is 18.5. The van der Waals surface area contributed by atoms with E-state index in [1.807, 2.05) is 30.2 Å². The molecule has 2 aromatic heterocycles. The number of piperazine rings is 1. The molecule has 3 aromatic rings. The van der Waals surface area contributed by atoms with Crippen LogP contribution in [0.5, 0.6) is 0 Å². The molecule has 10 heteroatoms. The van der Waals surface area contributed by atoms with Crippen LogP contribution in [0, 0.1) is 6.92 Å². The third kappa shape index (κ3) is 5.14. The van der Waals surface area contributed by atoms with E-state index < -0.39 is 0 Å². The number of halogens is 1. The second-order valence-corrected chi connectivity index (χ2v) is 11.2. The lowest BCUT2D eigenvalue weighted by molar-refractivity contribution is 0.0490. The Morgan fingerprint density at radius 2 is 1.82 bits per heavy atom. The topological polar surface area (TPSA) is 94.1 Å². The highest BCUT2D eigenvalue weighted by molar-refractivity contribution is 6.30. The van der Waals surface area contributed by atoms with E-state index in [1.165, 1.54) is 12.8 Å². The van der Waals surface area contributed by atoms with Crippen molar-refractivity contribution >= 4 is 23.3 Å². The van der Waals surface area contributed by atoms with Crippen molar-refractivity contribution in [3.05, 3.63) is 52.6 Å². The van der Waals surface area contributed by atoms with Gasteiger partial charge in [-0.25, -0.2) is 15.0 Å². The van der Waals surface area contributed by atoms with Gasteiger partial charge < -0.3 is 9.80 Å². The number of aromatic amines is 1. The van der Waals surface area contributed by atoms with E-state index in [-0.39, 0.29) is 5.91 Å². The van der Waals surface area contributed by atoms with E-state index in [9.17, 15) is 4.79 Å². The third-order valence-electron chi connectivity index (χ3n) is 8.23. The minimum absolute atomic E-state index is 0.100. The Kier molecular flexibility index (Phi) is 7.05. The van der Waals surface area contributed by atoms with Crippen LogP contribution in [0.3, 0.4) is 0 Å². The highest BCUT2D eigenvalue weighted by Gasteiger charge is 2.35. The van der Waals surface area contributed by atoms with Gasteiger partial charge in [-0.3, -0.25) is 14.8 Å². The summed E-state index contributed by atoms with van der Waals surface area (Å²) >= 11 is 5.99. The first kappa shape index (κ1) is 25.2. The smallest absolute Gasteiger partial charge is 0.253 e. The van der Waals surface area contributed by atoms with Crippen LogP contribution in [0.25, 0.3) is 11.5 Å². The van der Waals surface area contributed by atoms with Crippen LogP contribution >= 0.6 is 11.6 Å². The summed E-state index contributed by atoms with van der Waals surface area (Å²) in [6.45, 7) is 8.72. The number of amides is 1. The minimum atomic E-state index is 0.100. The maximum absolute atomic E-state index is 12.9. The lowest BCUT2D eigenvalue weighted by Gasteiger charge is -2.47. The van der Waals surface area contributed by atoms with Crippen LogP contribution in [-0.4, -0.2) is 85.7 Å². The van der Waals surface area contributed by atoms with Gasteiger partial charge in [-0.15, -0.1) is 0 Å². The molecule has 3 fully saturated rings. The van der Waals surface area contributed by atoms with Crippen molar-refractivity contribution in [3.8, 4) is 11.5 Å². The SMILES string of the molecule is CC[C@H]1CN(c2ncc(-c3n[nH]c(C4CC4)n3)nc2C)CCN1C1CCN(C(=O)c2ccc(Cl)cc2)CC1. The first-order valence-corrected chi connectivity index (χ1v) is 14.2. The number of nitrogens with one attached hydrogen (secondary N) is 1. The number of likely N-dealkylation sites (tertiary alicyclic amines) is 1. The molecule has 38 heavy (non-hydrogen) atoms. The molecule has 0 spiro atoms. The second kappa shape index (κ2) is 10.6. The number of nitrogens with zero attached hydrogens (tertiary/aromatic N) is 7. The fourth-order valence-electron chi connectivity index (χ4n) is 5.90. The molecular weight excluding hydrogens is 500 g/mol. The molecule has 4 heterocycles. The molecule has 1 aromatic carbocycles. The van der Waals surface area contributed by atoms with Crippen LogP contribution in [-0.2, 0) is 0 Å². The van der Waals surface area contributed by atoms with Crippen LogP contribution < -0.4 is 4.90 Å². The first-order valence-electron chi connectivity index (χ1n) is 13.8. The molecule has 200 valence electrons. The lowest BCUT2D eigenvalue weighted by Crippen LogP contribution is -2.58. The predicted octanol–water partition coefficient (Wildman–Crippen LogP) is 4.31. The van der Waals surface area contributed by atoms with Crippen molar-refractivity contribution in [2.24, 2.45) is 0 Å². The van der Waals surface area contributed by atoms with Gasteiger partial charge in [0, 0.05) is 61.3 Å². The minimum Gasteiger partial charge on any atom is -0.352 e. The Bertz CT molecular complexity index is 1280. The Labute approximate surface area is 228 Å². The molecule has 1 N–H and O–H groups in total. The zero-order chi connectivity index (χ0) is 26.2. The van der Waals surface area contributed by atoms with Crippen molar-refractivity contribution < 1.29 is 4.79 Å². The molecule has 9 nitrogen and oxygen atoms in total. The number of hydrogen-bond acceptors (Lipinski definition) is 7. The maximum Gasteiger partial charge on any atom is 0.253 e. The number of aromatic nitrogens is 5. The predicted molar refractivity (Wildman–Crippen MR) is 147 cm³/mol. The van der Waals surface area contributed by atoms with Gasteiger partial charge >= 0.3 is 0 Å². The fourth-order valence-corrected chi connectivity index (χ4v) is 6.03. The van der Waals surface area contributed by atoms with Crippen LogP contribution in [0.2, 0.25) is 5.02 Å². The zero-order valence-electron chi connectivity index (χ0n) is 22.1. The van der Waals surface area contributed by atoms with Gasteiger partial charge in [0.1, 0.15) is 17.3 Å². The number of H-pyrrole nitrogens is 1. The number of anilines is 1. The van der Waals surface area contributed by atoms with Crippen molar-refractivity contribution in [3.63, 3.8) is 0 Å². The maximum atomic E-state index is 12.9. The summed E-state index contributed by atoms with van der Waals surface area (Å²) in [6, 6.07) is 8.14. The van der Waals surface area contributed by atoms with Crippen LogP contribution in [0.4, 0.5) is 5.82 Å². The van der Waals surface area contributed by atoms with Crippen molar-refractivity contribution in [2.75, 3.05) is 37.6 Å². The van der Waals surface area contributed by atoms with Gasteiger partial charge in [-0.05, 0) is 63.3 Å². The van der Waals surface area contributed by atoms with Gasteiger partial charge in [0.05, 0.1) is 11.9 Å². The summed E-state index contributed by atoms with van der Waals surface area (Å²) in [6.07, 6.45) is 7.26. The number of hydrogen-bond donors (Lipinski definition) is 1. The van der Waals surface area contributed by atoms with Gasteiger partial charge in [-0.2, -0.15) is 5.10 Å². The number of carbonyl (C=O) groups is 1. The summed E-state index contributed by atoms with van der Waals surface area (Å²) in [5, 5.41) is 8.08. The molecule has 6 rings (SSSR count). The number of benzene rings is 1. The fraction of sp³-hybridized carbons (Fsp3) is 0.536. The van der Waals surface area contributed by atoms with Crippen molar-refractivity contribution in [2.45, 2.75) is 64.0 Å². The molecule has 1 amide bonds. The highest BCUT2D eigenvalue weighted by Crippen LogP contribution is 2.38. The molecule has 1 aliphatic carbocycles. The monoisotopic (exact) mass is 534 g/mol. The Morgan fingerprint density at radius 3 is 2.50 bits per heavy atom. The van der Waals surface area contributed by atoms with Crippen LogP contribution in [0.1, 0.15) is 66.8 Å². The number of piperidine rings is 1. The average Bonchev–Trinajstić information content (AvgIpc) is 3.69. The van der Waals surface area contributed by atoms with Crippen LogP contribution in [0.15, 0.2) is 30.5 Å². The van der Waals surface area contributed by atoms with E-state index in [0.29, 0.717) is 34.4 Å².